The van der Waals surface area contributed by atoms with Crippen LogP contribution in [0.2, 0.25) is 0 Å². The van der Waals surface area contributed by atoms with E-state index >= 15 is 0 Å². The smallest absolute Gasteiger partial charge is 0.326 e. The molecule has 1 aliphatic heterocycles. The lowest BCUT2D eigenvalue weighted by Crippen LogP contribution is -2.47. The Morgan fingerprint density at radius 3 is 3.06 bits per heavy atom. The summed E-state index contributed by atoms with van der Waals surface area (Å²) < 4.78 is 5.48. The number of hydrogen-bond acceptors (Lipinski definition) is 4. The van der Waals surface area contributed by atoms with Gasteiger partial charge in [0, 0.05) is 19.5 Å². The number of amides is 1. The summed E-state index contributed by atoms with van der Waals surface area (Å²) in [6.07, 6.45) is 0.603. The minimum atomic E-state index is -1.02. The van der Waals surface area contributed by atoms with Crippen LogP contribution >= 0.6 is 0 Å². The van der Waals surface area contributed by atoms with Crippen LogP contribution in [0.15, 0.2) is 0 Å². The third kappa shape index (κ3) is 3.79. The molecule has 1 heterocycles. The Labute approximate surface area is 94.6 Å². The number of nitrogens with one attached hydrogen (secondary N) is 1. The molecule has 0 saturated carbocycles. The van der Waals surface area contributed by atoms with E-state index in [1.54, 1.807) is 0 Å². The molecule has 2 N–H and O–H groups in total. The summed E-state index contributed by atoms with van der Waals surface area (Å²) >= 11 is 0. The van der Waals surface area contributed by atoms with Crippen LogP contribution in [-0.2, 0) is 14.3 Å². The summed E-state index contributed by atoms with van der Waals surface area (Å²) in [6, 6.07) is -0.862. The third-order valence-corrected chi connectivity index (χ3v) is 2.74. The van der Waals surface area contributed by atoms with Crippen LogP contribution in [0.25, 0.3) is 0 Å². The number of rotatable bonds is 6. The van der Waals surface area contributed by atoms with Crippen LogP contribution in [0.5, 0.6) is 0 Å². The van der Waals surface area contributed by atoms with Crippen LogP contribution in [0.1, 0.15) is 13.3 Å². The molecule has 1 fully saturated rings. The average molecular weight is 230 g/mol. The number of hydrogen-bond donors (Lipinski definition) is 2. The number of nitrogens with zero attached hydrogens (tertiary/aromatic N) is 1. The second-order valence-electron chi connectivity index (χ2n) is 3.80. The second-order valence-corrected chi connectivity index (χ2v) is 3.80. The lowest BCUT2D eigenvalue weighted by Gasteiger charge is -2.33. The van der Waals surface area contributed by atoms with Gasteiger partial charge in [-0.3, -0.25) is 9.69 Å². The topological polar surface area (TPSA) is 78.9 Å². The van der Waals surface area contributed by atoms with Crippen LogP contribution < -0.4 is 5.32 Å². The summed E-state index contributed by atoms with van der Waals surface area (Å²) in [5.41, 5.74) is 0. The quantitative estimate of drug-likeness (QED) is 0.590. The van der Waals surface area contributed by atoms with Crippen molar-refractivity contribution in [3.63, 3.8) is 0 Å². The molecule has 16 heavy (non-hydrogen) atoms. The number of carboxylic acid groups (broad SMARTS) is 1. The molecule has 0 bridgehead atoms. The first-order chi connectivity index (χ1) is 7.67. The van der Waals surface area contributed by atoms with Gasteiger partial charge in [0.1, 0.15) is 6.04 Å². The number of carboxylic acids is 1. The Morgan fingerprint density at radius 1 is 1.75 bits per heavy atom. The van der Waals surface area contributed by atoms with Crippen molar-refractivity contribution >= 4 is 12.4 Å². The zero-order valence-corrected chi connectivity index (χ0v) is 9.39. The van der Waals surface area contributed by atoms with Crippen molar-refractivity contribution < 1.29 is 19.4 Å². The minimum absolute atomic E-state index is 0.123. The molecule has 6 nitrogen and oxygen atoms in total. The van der Waals surface area contributed by atoms with Crippen LogP contribution in [-0.4, -0.2) is 60.8 Å². The number of carbonyl (C=O) groups is 2. The van der Waals surface area contributed by atoms with Crippen molar-refractivity contribution in [3.8, 4) is 0 Å². The number of aliphatic carboxylic acids is 1. The van der Waals surface area contributed by atoms with E-state index in [0.29, 0.717) is 19.4 Å². The Balaban J connectivity index is 2.44. The monoisotopic (exact) mass is 230 g/mol. The summed E-state index contributed by atoms with van der Waals surface area (Å²) in [6.45, 7) is 5.21. The first-order valence-electron chi connectivity index (χ1n) is 5.43. The Kier molecular flexibility index (Phi) is 5.21. The van der Waals surface area contributed by atoms with Gasteiger partial charge < -0.3 is 15.2 Å². The fourth-order valence-electron chi connectivity index (χ4n) is 1.80. The Bertz CT molecular complexity index is 247. The van der Waals surface area contributed by atoms with Gasteiger partial charge in [0.05, 0.1) is 12.7 Å². The average Bonchev–Trinajstić information content (AvgIpc) is 2.28. The van der Waals surface area contributed by atoms with Crippen LogP contribution in [0.4, 0.5) is 0 Å². The molecule has 0 radical (unpaired) electrons. The molecule has 6 heteroatoms. The predicted octanol–water partition coefficient (Wildman–Crippen LogP) is -0.704. The normalized spacial score (nSPS) is 23.7. The second kappa shape index (κ2) is 6.44. The standard InChI is InChI=1S/C10H18N2O4/c1-2-12-3-4-16-8(6-12)5-9(10(14)15)11-7-13/h7-9H,2-6H2,1H3,(H,11,13)(H,14,15). The lowest BCUT2D eigenvalue weighted by atomic mass is 10.1. The summed E-state index contributed by atoms with van der Waals surface area (Å²) in [7, 11) is 0. The molecule has 92 valence electrons. The molecular formula is C10H18N2O4. The Morgan fingerprint density at radius 2 is 2.50 bits per heavy atom. The van der Waals surface area contributed by atoms with E-state index in [4.69, 9.17) is 9.84 Å². The molecular weight excluding hydrogens is 212 g/mol. The van der Waals surface area contributed by atoms with Crippen molar-refractivity contribution in [1.29, 1.82) is 0 Å². The fourth-order valence-corrected chi connectivity index (χ4v) is 1.80. The van der Waals surface area contributed by atoms with Crippen LogP contribution in [0.3, 0.4) is 0 Å². The van der Waals surface area contributed by atoms with E-state index in [9.17, 15) is 9.59 Å². The zero-order valence-electron chi connectivity index (χ0n) is 9.39. The number of likely N-dealkylation sites (N-methyl/N-ethyl adjacent to an activating group) is 1. The molecule has 0 aromatic rings. The number of ether oxygens (including phenoxy) is 1. The number of carbonyl (C=O) groups excluding carboxylic acids is 1. The van der Waals surface area contributed by atoms with Gasteiger partial charge in [0.15, 0.2) is 0 Å². The highest BCUT2D eigenvalue weighted by atomic mass is 16.5. The lowest BCUT2D eigenvalue weighted by molar-refractivity contribution is -0.142. The van der Waals surface area contributed by atoms with E-state index in [1.807, 2.05) is 0 Å². The summed E-state index contributed by atoms with van der Waals surface area (Å²) in [4.78, 5) is 23.3. The summed E-state index contributed by atoms with van der Waals surface area (Å²) in [5.74, 6) is -1.02. The van der Waals surface area contributed by atoms with Crippen molar-refractivity contribution in [3.05, 3.63) is 0 Å². The maximum atomic E-state index is 10.8. The molecule has 1 amide bonds. The van der Waals surface area contributed by atoms with Crippen LogP contribution in [0, 0.1) is 0 Å². The van der Waals surface area contributed by atoms with Gasteiger partial charge in [-0.2, -0.15) is 0 Å². The first kappa shape index (κ1) is 12.9. The van der Waals surface area contributed by atoms with Gasteiger partial charge in [0.25, 0.3) is 0 Å². The van der Waals surface area contributed by atoms with Crippen molar-refractivity contribution in [2.24, 2.45) is 0 Å². The van der Waals surface area contributed by atoms with Gasteiger partial charge in [-0.25, -0.2) is 4.79 Å². The Hall–Kier alpha value is -1.14. The highest BCUT2D eigenvalue weighted by molar-refractivity contribution is 5.76. The highest BCUT2D eigenvalue weighted by Gasteiger charge is 2.26. The summed E-state index contributed by atoms with van der Waals surface area (Å²) in [5, 5.41) is 11.2. The molecule has 0 aromatic carbocycles. The van der Waals surface area contributed by atoms with E-state index in [1.165, 1.54) is 0 Å². The van der Waals surface area contributed by atoms with E-state index in [2.05, 4.69) is 17.1 Å². The molecule has 0 spiro atoms. The van der Waals surface area contributed by atoms with Crippen molar-refractivity contribution in [1.82, 2.24) is 10.2 Å². The maximum Gasteiger partial charge on any atom is 0.326 e. The van der Waals surface area contributed by atoms with Gasteiger partial charge >= 0.3 is 5.97 Å². The molecule has 2 unspecified atom stereocenters. The van der Waals surface area contributed by atoms with E-state index in [0.717, 1.165) is 19.6 Å². The van der Waals surface area contributed by atoms with E-state index in [-0.39, 0.29) is 6.10 Å². The van der Waals surface area contributed by atoms with Gasteiger partial charge in [0.2, 0.25) is 6.41 Å². The third-order valence-electron chi connectivity index (χ3n) is 2.74. The van der Waals surface area contributed by atoms with Crippen molar-refractivity contribution in [2.45, 2.75) is 25.5 Å². The molecule has 0 aliphatic carbocycles. The van der Waals surface area contributed by atoms with Gasteiger partial charge in [-0.15, -0.1) is 0 Å². The van der Waals surface area contributed by atoms with Gasteiger partial charge in [-0.05, 0) is 6.54 Å². The highest BCUT2D eigenvalue weighted by Crippen LogP contribution is 2.10. The number of morpholine rings is 1. The molecule has 1 saturated heterocycles. The molecule has 1 rings (SSSR count). The first-order valence-corrected chi connectivity index (χ1v) is 5.43. The molecule has 1 aliphatic rings. The predicted molar refractivity (Wildman–Crippen MR) is 57.1 cm³/mol. The van der Waals surface area contributed by atoms with Crippen molar-refractivity contribution in [2.75, 3.05) is 26.2 Å². The SMILES string of the molecule is CCN1CCOC(CC(NC=O)C(=O)O)C1. The zero-order chi connectivity index (χ0) is 12.0. The maximum absolute atomic E-state index is 10.8. The van der Waals surface area contributed by atoms with Gasteiger partial charge in [-0.1, -0.05) is 6.92 Å². The molecule has 2 atom stereocenters. The van der Waals surface area contributed by atoms with E-state index < -0.39 is 12.0 Å². The minimum Gasteiger partial charge on any atom is -0.480 e. The molecule has 0 aromatic heterocycles. The largest absolute Gasteiger partial charge is 0.480 e. The fraction of sp³-hybridized carbons (Fsp3) is 0.800.